The number of alkyl halides is 3. The molecule has 1 aromatic rings. The monoisotopic (exact) mass is 218 g/mol. The van der Waals surface area contributed by atoms with Crippen LogP contribution in [0.3, 0.4) is 0 Å². The fourth-order valence-corrected chi connectivity index (χ4v) is 1.39. The molecule has 0 bridgehead atoms. The first-order valence-electron chi connectivity index (χ1n) is 4.00. The van der Waals surface area contributed by atoms with Crippen LogP contribution < -0.4 is 11.5 Å². The molecule has 0 aliphatic rings. The molecule has 6 heteroatoms. The van der Waals surface area contributed by atoms with Crippen molar-refractivity contribution in [2.45, 2.75) is 13.1 Å². The highest BCUT2D eigenvalue weighted by atomic mass is 19.4. The van der Waals surface area contributed by atoms with Crippen LogP contribution in [0.2, 0.25) is 0 Å². The Morgan fingerprint density at radius 1 is 1.33 bits per heavy atom. The molecule has 0 aliphatic carbocycles. The van der Waals surface area contributed by atoms with Gasteiger partial charge < -0.3 is 11.5 Å². The molecule has 1 rings (SSSR count). The maximum absolute atomic E-state index is 12.6. The fourth-order valence-electron chi connectivity index (χ4n) is 1.39. The topological polar surface area (TPSA) is 69.1 Å². The molecule has 0 atom stereocenters. The van der Waals surface area contributed by atoms with Crippen molar-refractivity contribution >= 4 is 11.6 Å². The molecule has 0 aromatic heterocycles. The summed E-state index contributed by atoms with van der Waals surface area (Å²) < 4.78 is 37.7. The minimum absolute atomic E-state index is 0.0781. The number of rotatable bonds is 1. The standard InChI is InChI=1S/C9H9F3N2O/c1-4-2-5(13)3-6(8(14)15)7(4)9(10,11)12/h2-3H,13H2,1H3,(H2,14,15). The minimum Gasteiger partial charge on any atom is -0.399 e. The number of primary amides is 1. The third-order valence-corrected chi connectivity index (χ3v) is 1.91. The molecule has 15 heavy (non-hydrogen) atoms. The largest absolute Gasteiger partial charge is 0.417 e. The number of nitrogen functional groups attached to an aromatic ring is 1. The Morgan fingerprint density at radius 2 is 1.87 bits per heavy atom. The summed E-state index contributed by atoms with van der Waals surface area (Å²) in [5.41, 5.74) is 8.53. The predicted octanol–water partition coefficient (Wildman–Crippen LogP) is 1.69. The van der Waals surface area contributed by atoms with Crippen molar-refractivity contribution in [2.75, 3.05) is 5.73 Å². The van der Waals surface area contributed by atoms with Crippen molar-refractivity contribution in [1.29, 1.82) is 0 Å². The number of carbonyl (C=O) groups excluding carboxylic acids is 1. The first kappa shape index (κ1) is 11.4. The van der Waals surface area contributed by atoms with Gasteiger partial charge in [-0.2, -0.15) is 13.2 Å². The summed E-state index contributed by atoms with van der Waals surface area (Å²) in [5.74, 6) is -1.14. The summed E-state index contributed by atoms with van der Waals surface area (Å²) in [5, 5.41) is 0. The van der Waals surface area contributed by atoms with Crippen molar-refractivity contribution in [3.8, 4) is 0 Å². The Labute approximate surface area is 83.9 Å². The smallest absolute Gasteiger partial charge is 0.399 e. The summed E-state index contributed by atoms with van der Waals surface area (Å²) in [7, 11) is 0. The third kappa shape index (κ3) is 2.20. The highest BCUT2D eigenvalue weighted by Gasteiger charge is 2.36. The number of anilines is 1. The zero-order chi connectivity index (χ0) is 11.8. The lowest BCUT2D eigenvalue weighted by Crippen LogP contribution is -2.20. The molecule has 4 N–H and O–H groups in total. The van der Waals surface area contributed by atoms with Crippen molar-refractivity contribution in [3.05, 3.63) is 28.8 Å². The fraction of sp³-hybridized carbons (Fsp3) is 0.222. The van der Waals surface area contributed by atoms with E-state index in [0.29, 0.717) is 0 Å². The number of halogens is 3. The lowest BCUT2D eigenvalue weighted by atomic mass is 10.00. The zero-order valence-corrected chi connectivity index (χ0v) is 7.85. The van der Waals surface area contributed by atoms with E-state index in [1.54, 1.807) is 0 Å². The number of carbonyl (C=O) groups is 1. The van der Waals surface area contributed by atoms with Crippen molar-refractivity contribution in [1.82, 2.24) is 0 Å². The maximum atomic E-state index is 12.6. The number of aryl methyl sites for hydroxylation is 1. The van der Waals surface area contributed by atoms with Gasteiger partial charge in [0.1, 0.15) is 0 Å². The number of hydrogen-bond donors (Lipinski definition) is 2. The first-order valence-corrected chi connectivity index (χ1v) is 4.00. The van der Waals surface area contributed by atoms with Crippen LogP contribution in [-0.2, 0) is 6.18 Å². The van der Waals surface area contributed by atoms with Crippen LogP contribution in [0.5, 0.6) is 0 Å². The molecular formula is C9H9F3N2O. The van der Waals surface area contributed by atoms with E-state index in [1.807, 2.05) is 0 Å². The van der Waals surface area contributed by atoms with Gasteiger partial charge in [0.2, 0.25) is 5.91 Å². The van der Waals surface area contributed by atoms with Gasteiger partial charge >= 0.3 is 6.18 Å². The van der Waals surface area contributed by atoms with Gasteiger partial charge in [0.05, 0.1) is 11.1 Å². The van der Waals surface area contributed by atoms with E-state index in [0.717, 1.165) is 12.1 Å². The predicted molar refractivity (Wildman–Crippen MR) is 49.1 cm³/mol. The lowest BCUT2D eigenvalue weighted by molar-refractivity contribution is -0.138. The Morgan fingerprint density at radius 3 is 2.27 bits per heavy atom. The normalized spacial score (nSPS) is 11.5. The van der Waals surface area contributed by atoms with Gasteiger partial charge in [-0.25, -0.2) is 0 Å². The molecule has 0 aliphatic heterocycles. The summed E-state index contributed by atoms with van der Waals surface area (Å²) >= 11 is 0. The van der Waals surface area contributed by atoms with Gasteiger partial charge in [-0.15, -0.1) is 0 Å². The Bertz CT molecular complexity index is 413. The summed E-state index contributed by atoms with van der Waals surface area (Å²) in [6.45, 7) is 1.23. The molecule has 0 unspecified atom stereocenters. The number of amides is 1. The van der Waals surface area contributed by atoms with Gasteiger partial charge in [-0.05, 0) is 24.6 Å². The maximum Gasteiger partial charge on any atom is 0.417 e. The first-order chi connectivity index (χ1) is 6.73. The second-order valence-corrected chi connectivity index (χ2v) is 3.12. The van der Waals surface area contributed by atoms with Crippen molar-refractivity contribution in [2.24, 2.45) is 5.73 Å². The molecule has 1 amide bonds. The van der Waals surface area contributed by atoms with Gasteiger partial charge in [0, 0.05) is 5.69 Å². The molecule has 0 radical (unpaired) electrons. The molecule has 82 valence electrons. The Hall–Kier alpha value is -1.72. The zero-order valence-electron chi connectivity index (χ0n) is 7.85. The second kappa shape index (κ2) is 3.45. The highest BCUT2D eigenvalue weighted by Crippen LogP contribution is 2.35. The molecule has 3 nitrogen and oxygen atoms in total. The van der Waals surface area contributed by atoms with Crippen LogP contribution in [-0.4, -0.2) is 5.91 Å². The molecule has 1 aromatic carbocycles. The molecule has 0 heterocycles. The number of benzene rings is 1. The van der Waals surface area contributed by atoms with Gasteiger partial charge in [-0.1, -0.05) is 0 Å². The summed E-state index contributed by atoms with van der Waals surface area (Å²) in [6, 6.07) is 2.08. The van der Waals surface area contributed by atoms with Crippen LogP contribution in [0.25, 0.3) is 0 Å². The van der Waals surface area contributed by atoms with Gasteiger partial charge in [-0.3, -0.25) is 4.79 Å². The Balaban J connectivity index is 3.55. The molecule has 0 saturated heterocycles. The summed E-state index contributed by atoms with van der Waals surface area (Å²) in [4.78, 5) is 10.8. The summed E-state index contributed by atoms with van der Waals surface area (Å²) in [6.07, 6.45) is -4.61. The van der Waals surface area contributed by atoms with E-state index >= 15 is 0 Å². The van der Waals surface area contributed by atoms with Crippen LogP contribution in [0.4, 0.5) is 18.9 Å². The molecule has 0 spiro atoms. The van der Waals surface area contributed by atoms with E-state index in [1.165, 1.54) is 6.92 Å². The number of nitrogens with two attached hydrogens (primary N) is 2. The van der Waals surface area contributed by atoms with Crippen molar-refractivity contribution in [3.63, 3.8) is 0 Å². The minimum atomic E-state index is -4.61. The highest BCUT2D eigenvalue weighted by molar-refractivity contribution is 5.95. The average Bonchev–Trinajstić information content (AvgIpc) is 1.99. The van der Waals surface area contributed by atoms with Crippen LogP contribution in [0.1, 0.15) is 21.5 Å². The Kier molecular flexibility index (Phi) is 2.61. The third-order valence-electron chi connectivity index (χ3n) is 1.91. The van der Waals surface area contributed by atoms with Gasteiger partial charge in [0.25, 0.3) is 0 Å². The molecule has 0 fully saturated rings. The van der Waals surface area contributed by atoms with E-state index in [9.17, 15) is 18.0 Å². The molecule has 0 saturated carbocycles. The molecular weight excluding hydrogens is 209 g/mol. The average molecular weight is 218 g/mol. The van der Waals surface area contributed by atoms with Crippen molar-refractivity contribution < 1.29 is 18.0 Å². The lowest BCUT2D eigenvalue weighted by Gasteiger charge is -2.14. The van der Waals surface area contributed by atoms with E-state index in [4.69, 9.17) is 11.5 Å². The SMILES string of the molecule is Cc1cc(N)cc(C(N)=O)c1C(F)(F)F. The van der Waals surface area contributed by atoms with Crippen LogP contribution >= 0.6 is 0 Å². The van der Waals surface area contributed by atoms with E-state index in [-0.39, 0.29) is 11.3 Å². The van der Waals surface area contributed by atoms with Crippen LogP contribution in [0, 0.1) is 6.92 Å². The van der Waals surface area contributed by atoms with E-state index in [2.05, 4.69) is 0 Å². The second-order valence-electron chi connectivity index (χ2n) is 3.12. The van der Waals surface area contributed by atoms with E-state index < -0.39 is 23.2 Å². The number of hydrogen-bond acceptors (Lipinski definition) is 2. The quantitative estimate of drug-likeness (QED) is 0.704. The van der Waals surface area contributed by atoms with Gasteiger partial charge in [0.15, 0.2) is 0 Å². The van der Waals surface area contributed by atoms with Crippen LogP contribution in [0.15, 0.2) is 12.1 Å².